The van der Waals surface area contributed by atoms with Crippen molar-refractivity contribution in [1.29, 1.82) is 0 Å². The summed E-state index contributed by atoms with van der Waals surface area (Å²) in [5.74, 6) is -5.75. The molecule has 3 aliphatic heterocycles. The van der Waals surface area contributed by atoms with Gasteiger partial charge >= 0.3 is 0 Å². The van der Waals surface area contributed by atoms with Gasteiger partial charge in [0.1, 0.15) is 48.3 Å². The SMILES string of the molecule is CC[C@H](C)[C@@H]1NC(=O)[C@H](Cc2ccccc2)NC(=O)[C@H](C(C)C)NC(=O)[C@H](CCCNC(N)=NCC=C(C)C)NC(=O)[C@@H]2CCCN2C(=O)[C@@H]2CCCN2C(=O)[C@H](CC(C)C)NC(=O)[C@H](C(C)C)NC1=O. The Morgan fingerprint density at radius 3 is 1.77 bits per heavy atom. The van der Waals surface area contributed by atoms with Crippen molar-refractivity contribution < 1.29 is 38.4 Å². The fourth-order valence-electron chi connectivity index (χ4n) is 9.22. The van der Waals surface area contributed by atoms with Crippen LogP contribution in [0.15, 0.2) is 47.0 Å². The van der Waals surface area contributed by atoms with E-state index in [1.54, 1.807) is 46.8 Å². The second kappa shape index (κ2) is 27.6. The number of carbonyl (C=O) groups is 8. The van der Waals surface area contributed by atoms with Gasteiger partial charge in [0, 0.05) is 26.1 Å². The van der Waals surface area contributed by atoms with Gasteiger partial charge in [0.05, 0.1) is 6.54 Å². The lowest BCUT2D eigenvalue weighted by Gasteiger charge is -2.34. The standard InChI is InChI=1S/C52H83N11O8/c1-11-34(10)43-49(69)60-42(33(8)9)48(68)58-38(28-31(4)5)50(70)63-27-17-22-40(63)51(71)62-26-16-21-39(62)46(66)56-36(20-15-24-54-52(53)55-25-23-30(2)3)44(64)59-41(32(6)7)47(67)57-37(45(65)61-43)29-35-18-13-12-14-19-35/h12-14,18-19,23,31-34,36-43H,11,15-17,20-22,24-29H2,1-10H3,(H,56,66)(H,57,67)(H,58,68)(H,59,64)(H,60,69)(H,61,65)(H3,53,54,55)/t34-,36-,37-,38-,39-,40-,41-,42-,43-/m0/s1. The maximum absolute atomic E-state index is 14.6. The average molecular weight is 990 g/mol. The zero-order chi connectivity index (χ0) is 52.5. The molecule has 19 heteroatoms. The molecule has 0 radical (unpaired) electrons. The lowest BCUT2D eigenvalue weighted by atomic mass is 9.95. The highest BCUT2D eigenvalue weighted by atomic mass is 16.2. The Morgan fingerprint density at radius 1 is 0.676 bits per heavy atom. The van der Waals surface area contributed by atoms with E-state index >= 15 is 0 Å². The number of benzene rings is 1. The molecule has 394 valence electrons. The Bertz CT molecular complexity index is 2070. The van der Waals surface area contributed by atoms with Crippen molar-refractivity contribution in [3.8, 4) is 0 Å². The summed E-state index contributed by atoms with van der Waals surface area (Å²) in [7, 11) is 0. The zero-order valence-electron chi connectivity index (χ0n) is 43.8. The number of amides is 8. The van der Waals surface area contributed by atoms with Gasteiger partial charge in [-0.05, 0) is 88.0 Å². The third-order valence-electron chi connectivity index (χ3n) is 13.6. The molecule has 0 unspecified atom stereocenters. The molecule has 0 bridgehead atoms. The van der Waals surface area contributed by atoms with E-state index in [1.165, 1.54) is 9.80 Å². The highest BCUT2D eigenvalue weighted by Crippen LogP contribution is 2.27. The second-order valence-corrected chi connectivity index (χ2v) is 20.8. The first-order valence-electron chi connectivity index (χ1n) is 25.8. The fraction of sp³-hybridized carbons (Fsp3) is 0.673. The van der Waals surface area contributed by atoms with Crippen LogP contribution in [-0.2, 0) is 44.8 Å². The number of carbonyl (C=O) groups excluding carboxylic acids is 8. The lowest BCUT2D eigenvalue weighted by Crippen LogP contribution is -2.63. The molecule has 9 atom stereocenters. The van der Waals surface area contributed by atoms with Gasteiger partial charge in [-0.25, -0.2) is 4.99 Å². The normalized spacial score (nSPS) is 26.4. The van der Waals surface area contributed by atoms with Crippen molar-refractivity contribution in [1.82, 2.24) is 47.0 Å². The topological polar surface area (TPSA) is 266 Å². The van der Waals surface area contributed by atoms with Crippen LogP contribution in [0.4, 0.5) is 0 Å². The molecule has 19 nitrogen and oxygen atoms in total. The van der Waals surface area contributed by atoms with E-state index in [1.807, 2.05) is 58.9 Å². The number of hydrogen-bond donors (Lipinski definition) is 8. The Morgan fingerprint density at radius 2 is 1.20 bits per heavy atom. The Hall–Kier alpha value is -6.01. The van der Waals surface area contributed by atoms with Gasteiger partial charge in [-0.1, -0.05) is 104 Å². The summed E-state index contributed by atoms with van der Waals surface area (Å²) in [6.45, 7) is 19.7. The van der Waals surface area contributed by atoms with E-state index in [-0.39, 0.29) is 44.2 Å². The summed E-state index contributed by atoms with van der Waals surface area (Å²) in [5, 5.41) is 20.3. The van der Waals surface area contributed by atoms with Crippen molar-refractivity contribution in [2.75, 3.05) is 26.2 Å². The molecule has 0 saturated carbocycles. The van der Waals surface area contributed by atoms with Crippen LogP contribution in [-0.4, -0.2) is 138 Å². The maximum Gasteiger partial charge on any atom is 0.246 e. The van der Waals surface area contributed by atoms with Crippen molar-refractivity contribution in [3.63, 3.8) is 0 Å². The van der Waals surface area contributed by atoms with E-state index in [0.717, 1.165) is 11.1 Å². The van der Waals surface area contributed by atoms with Crippen LogP contribution in [0.3, 0.4) is 0 Å². The molecular weight excluding hydrogens is 907 g/mol. The average Bonchev–Trinajstić information content (AvgIpc) is 4.02. The molecular formula is C52H83N11O8. The highest BCUT2D eigenvalue weighted by molar-refractivity contribution is 5.99. The predicted molar refractivity (Wildman–Crippen MR) is 273 cm³/mol. The van der Waals surface area contributed by atoms with Crippen molar-refractivity contribution in [2.45, 2.75) is 175 Å². The van der Waals surface area contributed by atoms with E-state index < -0.39 is 113 Å². The van der Waals surface area contributed by atoms with Crippen molar-refractivity contribution >= 4 is 53.2 Å². The van der Waals surface area contributed by atoms with Gasteiger partial charge in [0.25, 0.3) is 0 Å². The first-order valence-corrected chi connectivity index (χ1v) is 25.8. The fourth-order valence-corrected chi connectivity index (χ4v) is 9.22. The zero-order valence-corrected chi connectivity index (χ0v) is 43.8. The van der Waals surface area contributed by atoms with Crippen LogP contribution in [0.5, 0.6) is 0 Å². The molecule has 71 heavy (non-hydrogen) atoms. The largest absolute Gasteiger partial charge is 0.370 e. The number of guanidine groups is 1. The molecule has 3 saturated heterocycles. The smallest absolute Gasteiger partial charge is 0.246 e. The molecule has 1 aromatic carbocycles. The Labute approximate surface area is 420 Å². The van der Waals surface area contributed by atoms with Crippen LogP contribution in [0.1, 0.15) is 126 Å². The summed E-state index contributed by atoms with van der Waals surface area (Å²) >= 11 is 0. The summed E-state index contributed by atoms with van der Waals surface area (Å²) in [4.78, 5) is 123. The Kier molecular flexibility index (Phi) is 22.3. The number of allylic oxidation sites excluding steroid dienone is 1. The van der Waals surface area contributed by atoms with E-state index in [9.17, 15) is 38.4 Å². The lowest BCUT2D eigenvalue weighted by molar-refractivity contribution is -0.148. The van der Waals surface area contributed by atoms with Gasteiger partial charge in [-0.15, -0.1) is 0 Å². The third-order valence-corrected chi connectivity index (χ3v) is 13.6. The van der Waals surface area contributed by atoms with Gasteiger partial charge < -0.3 is 52.8 Å². The van der Waals surface area contributed by atoms with Gasteiger partial charge in [0.15, 0.2) is 5.96 Å². The van der Waals surface area contributed by atoms with Gasteiger partial charge in [0.2, 0.25) is 47.3 Å². The third kappa shape index (κ3) is 16.8. The number of hydrogen-bond acceptors (Lipinski definition) is 9. The molecule has 0 aliphatic carbocycles. The monoisotopic (exact) mass is 990 g/mol. The summed E-state index contributed by atoms with van der Waals surface area (Å²) < 4.78 is 0. The number of rotatable bonds is 14. The summed E-state index contributed by atoms with van der Waals surface area (Å²) in [5.41, 5.74) is 7.90. The number of nitrogens with one attached hydrogen (secondary N) is 7. The molecule has 3 heterocycles. The molecule has 8 amide bonds. The second-order valence-electron chi connectivity index (χ2n) is 20.8. The number of nitrogens with two attached hydrogens (primary N) is 1. The Balaban J connectivity index is 1.78. The van der Waals surface area contributed by atoms with Gasteiger partial charge in [-0.3, -0.25) is 38.4 Å². The minimum absolute atomic E-state index is 0.0370. The quantitative estimate of drug-likeness (QED) is 0.0583. The highest BCUT2D eigenvalue weighted by Gasteiger charge is 2.45. The summed E-state index contributed by atoms with van der Waals surface area (Å²) in [6.07, 6.45) is 4.86. The molecule has 0 spiro atoms. The predicted octanol–water partition coefficient (Wildman–Crippen LogP) is 2.19. The number of nitrogens with zero attached hydrogens (tertiary/aromatic N) is 3. The summed E-state index contributed by atoms with van der Waals surface area (Å²) in [6, 6.07) is 0.367. The molecule has 9 N–H and O–H groups in total. The molecule has 1 aromatic rings. The van der Waals surface area contributed by atoms with E-state index in [0.29, 0.717) is 51.6 Å². The first-order chi connectivity index (χ1) is 33.6. The first kappa shape index (κ1) is 57.6. The van der Waals surface area contributed by atoms with Crippen molar-refractivity contribution in [3.05, 3.63) is 47.5 Å². The molecule has 4 rings (SSSR count). The number of fused-ring (bicyclic) bond motifs is 2. The number of aliphatic imine (C=N–C) groups is 1. The maximum atomic E-state index is 14.6. The van der Waals surface area contributed by atoms with E-state index in [2.05, 4.69) is 42.2 Å². The van der Waals surface area contributed by atoms with Crippen LogP contribution >= 0.6 is 0 Å². The van der Waals surface area contributed by atoms with Crippen LogP contribution in [0, 0.1) is 23.7 Å². The van der Waals surface area contributed by atoms with Crippen LogP contribution < -0.4 is 43.0 Å². The molecule has 0 aromatic heterocycles. The molecule has 3 fully saturated rings. The van der Waals surface area contributed by atoms with E-state index in [4.69, 9.17) is 5.73 Å². The minimum Gasteiger partial charge on any atom is -0.370 e. The van der Waals surface area contributed by atoms with Crippen LogP contribution in [0.2, 0.25) is 0 Å². The molecule has 3 aliphatic rings. The van der Waals surface area contributed by atoms with Crippen LogP contribution in [0.25, 0.3) is 0 Å². The van der Waals surface area contributed by atoms with Gasteiger partial charge in [-0.2, -0.15) is 0 Å². The minimum atomic E-state index is -1.22. The van der Waals surface area contributed by atoms with Crippen molar-refractivity contribution in [2.24, 2.45) is 34.4 Å².